The molecule has 7 heteroatoms. The quantitative estimate of drug-likeness (QED) is 0.390. The van der Waals surface area contributed by atoms with Crippen molar-refractivity contribution in [2.45, 2.75) is 20.8 Å². The second kappa shape index (κ2) is 8.53. The molecule has 0 saturated heterocycles. The lowest BCUT2D eigenvalue weighted by atomic mass is 10.1. The highest BCUT2D eigenvalue weighted by molar-refractivity contribution is 6.36. The van der Waals surface area contributed by atoms with Crippen molar-refractivity contribution in [1.29, 1.82) is 0 Å². The molecule has 0 fully saturated rings. The minimum Gasteiger partial charge on any atom is -0.318 e. The molecule has 0 aliphatic rings. The number of carbonyl (C=O) groups excluding carboxylic acids is 1. The first-order chi connectivity index (χ1) is 14.8. The fourth-order valence-corrected chi connectivity index (χ4v) is 3.56. The minimum atomic E-state index is -0.458. The van der Waals surface area contributed by atoms with Gasteiger partial charge in [-0.05, 0) is 62.2 Å². The number of halogens is 2. The Hall–Kier alpha value is -3.15. The van der Waals surface area contributed by atoms with Gasteiger partial charge in [-0.15, -0.1) is 5.10 Å². The SMILES string of the molecule is Cc1ccc(-c2nc(C(=O)Nc3ccc(Cl)cc3Cl)nn2-c2ccc(C)c(C)c2)cc1. The Balaban J connectivity index is 1.77. The summed E-state index contributed by atoms with van der Waals surface area (Å²) in [6.07, 6.45) is 0. The van der Waals surface area contributed by atoms with Crippen molar-refractivity contribution in [3.63, 3.8) is 0 Å². The van der Waals surface area contributed by atoms with Gasteiger partial charge in [0.25, 0.3) is 5.91 Å². The molecule has 1 aromatic heterocycles. The van der Waals surface area contributed by atoms with E-state index >= 15 is 0 Å². The van der Waals surface area contributed by atoms with Gasteiger partial charge in [-0.3, -0.25) is 4.79 Å². The van der Waals surface area contributed by atoms with Crippen molar-refractivity contribution in [1.82, 2.24) is 14.8 Å². The van der Waals surface area contributed by atoms with Crippen LogP contribution in [-0.2, 0) is 0 Å². The summed E-state index contributed by atoms with van der Waals surface area (Å²) in [5, 5.41) is 8.11. The van der Waals surface area contributed by atoms with Gasteiger partial charge in [0.1, 0.15) is 0 Å². The number of benzene rings is 3. The smallest absolute Gasteiger partial charge is 0.295 e. The molecule has 4 rings (SSSR count). The number of anilines is 1. The van der Waals surface area contributed by atoms with E-state index in [1.54, 1.807) is 22.9 Å². The largest absolute Gasteiger partial charge is 0.318 e. The molecule has 0 atom stereocenters. The van der Waals surface area contributed by atoms with E-state index in [-0.39, 0.29) is 5.82 Å². The van der Waals surface area contributed by atoms with Gasteiger partial charge in [-0.1, -0.05) is 59.1 Å². The first-order valence-electron chi connectivity index (χ1n) is 9.70. The monoisotopic (exact) mass is 450 g/mol. The molecule has 156 valence electrons. The van der Waals surface area contributed by atoms with Crippen molar-refractivity contribution < 1.29 is 4.79 Å². The van der Waals surface area contributed by atoms with Crippen molar-refractivity contribution in [3.05, 3.63) is 93.2 Å². The molecule has 5 nitrogen and oxygen atoms in total. The Bertz CT molecular complexity index is 1280. The number of aromatic nitrogens is 3. The maximum Gasteiger partial charge on any atom is 0.295 e. The predicted octanol–water partition coefficient (Wildman–Crippen LogP) is 6.42. The highest BCUT2D eigenvalue weighted by Gasteiger charge is 2.20. The topological polar surface area (TPSA) is 59.8 Å². The fraction of sp³-hybridized carbons (Fsp3) is 0.125. The van der Waals surface area contributed by atoms with E-state index in [0.29, 0.717) is 21.6 Å². The van der Waals surface area contributed by atoms with Crippen LogP contribution in [0.1, 0.15) is 27.3 Å². The molecular weight excluding hydrogens is 431 g/mol. The standard InChI is InChI=1S/C24H20Cl2N4O/c1-14-4-7-17(8-5-14)23-28-22(24(31)27-21-11-9-18(25)13-20(21)26)29-30(23)19-10-6-15(2)16(3)12-19/h4-13H,1-3H3,(H,27,31). The van der Waals surface area contributed by atoms with Crippen molar-refractivity contribution >= 4 is 34.8 Å². The number of carbonyl (C=O) groups is 1. The third kappa shape index (κ3) is 4.48. The van der Waals surface area contributed by atoms with Gasteiger partial charge < -0.3 is 5.32 Å². The van der Waals surface area contributed by atoms with Crippen LogP contribution in [0.25, 0.3) is 17.1 Å². The lowest BCUT2D eigenvalue weighted by Crippen LogP contribution is -2.14. The Morgan fingerprint density at radius 3 is 2.32 bits per heavy atom. The third-order valence-corrected chi connectivity index (χ3v) is 5.58. The summed E-state index contributed by atoms with van der Waals surface area (Å²) in [6.45, 7) is 6.11. The zero-order valence-corrected chi connectivity index (χ0v) is 18.8. The van der Waals surface area contributed by atoms with Gasteiger partial charge in [0, 0.05) is 10.6 Å². The van der Waals surface area contributed by atoms with E-state index in [1.165, 1.54) is 5.56 Å². The van der Waals surface area contributed by atoms with Crippen LogP contribution in [0.15, 0.2) is 60.7 Å². The zero-order valence-electron chi connectivity index (χ0n) is 17.3. The fourth-order valence-electron chi connectivity index (χ4n) is 3.10. The molecule has 1 N–H and O–H groups in total. The molecule has 1 amide bonds. The molecule has 31 heavy (non-hydrogen) atoms. The van der Waals surface area contributed by atoms with Gasteiger partial charge in [0.2, 0.25) is 5.82 Å². The molecule has 0 aliphatic heterocycles. The number of nitrogens with one attached hydrogen (secondary N) is 1. The van der Waals surface area contributed by atoms with Gasteiger partial charge in [0.15, 0.2) is 5.82 Å². The van der Waals surface area contributed by atoms with E-state index in [9.17, 15) is 4.79 Å². The van der Waals surface area contributed by atoms with Crippen molar-refractivity contribution in [2.75, 3.05) is 5.32 Å². The summed E-state index contributed by atoms with van der Waals surface area (Å²) in [5.74, 6) is 0.163. The first kappa shape index (κ1) is 21.1. The van der Waals surface area contributed by atoms with Crippen LogP contribution in [0, 0.1) is 20.8 Å². The Kier molecular flexibility index (Phi) is 5.81. The van der Waals surface area contributed by atoms with E-state index in [4.69, 9.17) is 23.2 Å². The van der Waals surface area contributed by atoms with Crippen molar-refractivity contribution in [3.8, 4) is 17.1 Å². The maximum absolute atomic E-state index is 12.9. The maximum atomic E-state index is 12.9. The highest BCUT2D eigenvalue weighted by Crippen LogP contribution is 2.27. The predicted molar refractivity (Wildman–Crippen MR) is 125 cm³/mol. The Morgan fingerprint density at radius 1 is 0.903 bits per heavy atom. The molecule has 3 aromatic carbocycles. The molecule has 0 saturated carbocycles. The number of aryl methyl sites for hydroxylation is 3. The van der Waals surface area contributed by atoms with Crippen LogP contribution in [0.5, 0.6) is 0 Å². The van der Waals surface area contributed by atoms with Crippen LogP contribution < -0.4 is 5.32 Å². The number of amides is 1. The number of nitrogens with zero attached hydrogens (tertiary/aromatic N) is 3. The van der Waals surface area contributed by atoms with Crippen LogP contribution in [0.2, 0.25) is 10.0 Å². The van der Waals surface area contributed by atoms with E-state index < -0.39 is 5.91 Å². The normalized spacial score (nSPS) is 10.9. The molecular formula is C24H20Cl2N4O. The highest BCUT2D eigenvalue weighted by atomic mass is 35.5. The third-order valence-electron chi connectivity index (χ3n) is 5.03. The molecule has 0 spiro atoms. The summed E-state index contributed by atoms with van der Waals surface area (Å²) >= 11 is 12.1. The summed E-state index contributed by atoms with van der Waals surface area (Å²) < 4.78 is 1.69. The number of hydrogen-bond acceptors (Lipinski definition) is 3. The zero-order chi connectivity index (χ0) is 22.1. The first-order valence-corrected chi connectivity index (χ1v) is 10.5. The average Bonchev–Trinajstić information content (AvgIpc) is 3.18. The Labute approximate surface area is 190 Å². The van der Waals surface area contributed by atoms with Gasteiger partial charge >= 0.3 is 0 Å². The van der Waals surface area contributed by atoms with Crippen LogP contribution >= 0.6 is 23.2 Å². The lowest BCUT2D eigenvalue weighted by Gasteiger charge is -2.08. The van der Waals surface area contributed by atoms with Crippen LogP contribution in [-0.4, -0.2) is 20.7 Å². The van der Waals surface area contributed by atoms with E-state index in [1.807, 2.05) is 56.3 Å². The molecule has 1 heterocycles. The Morgan fingerprint density at radius 2 is 1.65 bits per heavy atom. The summed E-state index contributed by atoms with van der Waals surface area (Å²) in [7, 11) is 0. The van der Waals surface area contributed by atoms with Gasteiger partial charge in [0.05, 0.1) is 16.4 Å². The molecule has 0 aliphatic carbocycles. The second-order valence-corrected chi connectivity index (χ2v) is 8.23. The van der Waals surface area contributed by atoms with Gasteiger partial charge in [-0.2, -0.15) is 0 Å². The van der Waals surface area contributed by atoms with E-state index in [2.05, 4.69) is 22.3 Å². The number of hydrogen-bond donors (Lipinski definition) is 1. The molecule has 4 aromatic rings. The molecule has 0 bridgehead atoms. The summed E-state index contributed by atoms with van der Waals surface area (Å²) in [4.78, 5) is 17.5. The van der Waals surface area contributed by atoms with Gasteiger partial charge in [-0.25, -0.2) is 9.67 Å². The number of rotatable bonds is 4. The summed E-state index contributed by atoms with van der Waals surface area (Å²) in [6, 6.07) is 18.8. The van der Waals surface area contributed by atoms with Crippen molar-refractivity contribution in [2.24, 2.45) is 0 Å². The van der Waals surface area contributed by atoms with E-state index in [0.717, 1.165) is 22.4 Å². The molecule has 0 radical (unpaired) electrons. The molecule has 0 unspecified atom stereocenters. The summed E-state index contributed by atoms with van der Waals surface area (Å²) in [5.41, 5.74) is 5.57. The van der Waals surface area contributed by atoms with Crippen LogP contribution in [0.3, 0.4) is 0 Å². The second-order valence-electron chi connectivity index (χ2n) is 7.38. The lowest BCUT2D eigenvalue weighted by molar-refractivity contribution is 0.101. The van der Waals surface area contributed by atoms with Crippen LogP contribution in [0.4, 0.5) is 5.69 Å². The minimum absolute atomic E-state index is 0.0415. The average molecular weight is 451 g/mol.